The van der Waals surface area contributed by atoms with Crippen LogP contribution in [0.1, 0.15) is 5.56 Å². The fraction of sp³-hybridized carbons (Fsp3) is 0.0909. The van der Waals surface area contributed by atoms with Crippen molar-refractivity contribution in [3.63, 3.8) is 0 Å². The minimum atomic E-state index is -3.77. The van der Waals surface area contributed by atoms with Crippen molar-refractivity contribution in [3.8, 4) is 0 Å². The van der Waals surface area contributed by atoms with Crippen LogP contribution in [0.2, 0.25) is 0 Å². The zero-order chi connectivity index (χ0) is 13.9. The second kappa shape index (κ2) is 5.21. The molecule has 0 amide bonds. The number of aromatic nitrogens is 2. The highest BCUT2D eigenvalue weighted by Crippen LogP contribution is 2.20. The molecule has 8 heteroatoms. The van der Waals surface area contributed by atoms with Gasteiger partial charge in [-0.2, -0.15) is 0 Å². The van der Waals surface area contributed by atoms with E-state index in [0.717, 1.165) is 5.56 Å². The summed E-state index contributed by atoms with van der Waals surface area (Å²) in [6, 6.07) is 4.61. The number of sulfonamides is 1. The lowest BCUT2D eigenvalue weighted by molar-refractivity contribution is 0.601. The van der Waals surface area contributed by atoms with Crippen molar-refractivity contribution in [2.45, 2.75) is 11.8 Å². The number of anilines is 2. The van der Waals surface area contributed by atoms with Crippen LogP contribution in [-0.2, 0) is 10.0 Å². The van der Waals surface area contributed by atoms with Gasteiger partial charge in [-0.05, 0) is 30.7 Å². The molecule has 100 valence electrons. The van der Waals surface area contributed by atoms with E-state index in [0.29, 0.717) is 5.69 Å². The first kappa shape index (κ1) is 13.2. The number of nitrogens with two attached hydrogens (primary N) is 1. The second-order valence-corrected chi connectivity index (χ2v) is 5.50. The van der Waals surface area contributed by atoms with E-state index < -0.39 is 10.0 Å². The molecule has 0 aliphatic carbocycles. The molecule has 0 radical (unpaired) electrons. The first-order valence-electron chi connectivity index (χ1n) is 5.39. The SMILES string of the molecule is Cc1cncc(NS(=O)(=O)c2cccnc2NN)c1. The van der Waals surface area contributed by atoms with Crippen molar-refractivity contribution < 1.29 is 8.42 Å². The highest BCUT2D eigenvalue weighted by molar-refractivity contribution is 7.92. The molecule has 0 saturated carbocycles. The summed E-state index contributed by atoms with van der Waals surface area (Å²) >= 11 is 0. The van der Waals surface area contributed by atoms with Gasteiger partial charge in [0.05, 0.1) is 11.9 Å². The number of aryl methyl sites for hydroxylation is 1. The molecule has 0 aliphatic heterocycles. The fourth-order valence-electron chi connectivity index (χ4n) is 1.54. The summed E-state index contributed by atoms with van der Waals surface area (Å²) in [5.41, 5.74) is 3.48. The normalized spacial score (nSPS) is 11.1. The van der Waals surface area contributed by atoms with Crippen LogP contribution in [0.15, 0.2) is 41.7 Å². The van der Waals surface area contributed by atoms with Gasteiger partial charge in [0.25, 0.3) is 10.0 Å². The molecule has 0 aromatic carbocycles. The molecule has 0 spiro atoms. The van der Waals surface area contributed by atoms with Gasteiger partial charge in [-0.1, -0.05) is 0 Å². The van der Waals surface area contributed by atoms with Crippen molar-refractivity contribution in [3.05, 3.63) is 42.4 Å². The average molecular weight is 279 g/mol. The van der Waals surface area contributed by atoms with Crippen LogP contribution in [0.25, 0.3) is 0 Å². The van der Waals surface area contributed by atoms with Gasteiger partial charge in [-0.15, -0.1) is 0 Å². The van der Waals surface area contributed by atoms with E-state index in [1.165, 1.54) is 24.5 Å². The Morgan fingerprint density at radius 1 is 1.32 bits per heavy atom. The van der Waals surface area contributed by atoms with Gasteiger partial charge < -0.3 is 5.43 Å². The molecular formula is C11H13N5O2S. The van der Waals surface area contributed by atoms with E-state index in [4.69, 9.17) is 5.84 Å². The van der Waals surface area contributed by atoms with Crippen molar-refractivity contribution in [2.24, 2.45) is 5.84 Å². The Balaban J connectivity index is 2.38. The van der Waals surface area contributed by atoms with E-state index in [1.54, 1.807) is 12.3 Å². The van der Waals surface area contributed by atoms with Crippen LogP contribution < -0.4 is 16.0 Å². The monoisotopic (exact) mass is 279 g/mol. The number of hydrogen-bond donors (Lipinski definition) is 3. The Morgan fingerprint density at radius 2 is 2.11 bits per heavy atom. The Bertz CT molecular complexity index is 687. The van der Waals surface area contributed by atoms with E-state index in [9.17, 15) is 8.42 Å². The smallest absolute Gasteiger partial charge is 0.265 e. The number of pyridine rings is 2. The summed E-state index contributed by atoms with van der Waals surface area (Å²) in [5, 5.41) is 0. The number of nitrogens with one attached hydrogen (secondary N) is 2. The fourth-order valence-corrected chi connectivity index (χ4v) is 2.69. The zero-order valence-corrected chi connectivity index (χ0v) is 11.0. The third kappa shape index (κ3) is 2.98. The third-order valence-electron chi connectivity index (χ3n) is 2.32. The number of nitrogens with zero attached hydrogens (tertiary/aromatic N) is 2. The van der Waals surface area contributed by atoms with Crippen molar-refractivity contribution in [1.29, 1.82) is 0 Å². The van der Waals surface area contributed by atoms with E-state index in [2.05, 4.69) is 20.1 Å². The van der Waals surface area contributed by atoms with Gasteiger partial charge in [0.15, 0.2) is 5.82 Å². The highest BCUT2D eigenvalue weighted by atomic mass is 32.2. The van der Waals surface area contributed by atoms with Crippen LogP contribution >= 0.6 is 0 Å². The van der Waals surface area contributed by atoms with Crippen LogP contribution in [-0.4, -0.2) is 18.4 Å². The molecule has 2 heterocycles. The summed E-state index contributed by atoms with van der Waals surface area (Å²) in [4.78, 5) is 7.74. The van der Waals surface area contributed by atoms with Gasteiger partial charge in [0, 0.05) is 12.4 Å². The minimum Gasteiger partial charge on any atom is -0.307 e. The third-order valence-corrected chi connectivity index (χ3v) is 3.74. The van der Waals surface area contributed by atoms with Crippen LogP contribution in [0.3, 0.4) is 0 Å². The Morgan fingerprint density at radius 3 is 2.79 bits per heavy atom. The Hall–Kier alpha value is -2.19. The van der Waals surface area contributed by atoms with Crippen LogP contribution in [0.4, 0.5) is 11.5 Å². The average Bonchev–Trinajstić information content (AvgIpc) is 2.38. The molecule has 0 unspecified atom stereocenters. The van der Waals surface area contributed by atoms with Crippen LogP contribution in [0, 0.1) is 6.92 Å². The van der Waals surface area contributed by atoms with Gasteiger partial charge in [-0.25, -0.2) is 19.2 Å². The van der Waals surface area contributed by atoms with Crippen LogP contribution in [0.5, 0.6) is 0 Å². The van der Waals surface area contributed by atoms with E-state index in [-0.39, 0.29) is 10.7 Å². The minimum absolute atomic E-state index is 0.0287. The maximum Gasteiger partial charge on any atom is 0.265 e. The molecule has 7 nitrogen and oxygen atoms in total. The molecular weight excluding hydrogens is 266 g/mol. The van der Waals surface area contributed by atoms with Gasteiger partial charge in [0.1, 0.15) is 4.90 Å². The molecule has 0 atom stereocenters. The predicted octanol–water partition coefficient (Wildman–Crippen LogP) is 0.871. The summed E-state index contributed by atoms with van der Waals surface area (Å²) in [6.07, 6.45) is 4.51. The van der Waals surface area contributed by atoms with Crippen molar-refractivity contribution in [1.82, 2.24) is 9.97 Å². The standard InChI is InChI=1S/C11H13N5O2S/c1-8-5-9(7-13-6-8)16-19(17,18)10-3-2-4-14-11(10)15-12/h2-7,16H,12H2,1H3,(H,14,15). The number of hydrazine groups is 1. The number of rotatable bonds is 4. The lowest BCUT2D eigenvalue weighted by Gasteiger charge is -2.10. The quantitative estimate of drug-likeness (QED) is 0.566. The molecule has 0 saturated heterocycles. The molecule has 4 N–H and O–H groups in total. The van der Waals surface area contributed by atoms with Gasteiger partial charge in [0.2, 0.25) is 0 Å². The second-order valence-electron chi connectivity index (χ2n) is 3.85. The molecule has 2 rings (SSSR count). The molecule has 0 fully saturated rings. The summed E-state index contributed by atoms with van der Waals surface area (Å²) in [6.45, 7) is 1.82. The summed E-state index contributed by atoms with van der Waals surface area (Å²) in [7, 11) is -3.77. The maximum absolute atomic E-state index is 12.2. The zero-order valence-electron chi connectivity index (χ0n) is 10.2. The molecule has 2 aromatic heterocycles. The lowest BCUT2D eigenvalue weighted by atomic mass is 10.3. The maximum atomic E-state index is 12.2. The molecule has 0 aliphatic rings. The molecule has 2 aromatic rings. The van der Waals surface area contributed by atoms with E-state index >= 15 is 0 Å². The summed E-state index contributed by atoms with van der Waals surface area (Å²) in [5.74, 6) is 5.33. The van der Waals surface area contributed by atoms with Crippen molar-refractivity contribution >= 4 is 21.5 Å². The molecule has 19 heavy (non-hydrogen) atoms. The predicted molar refractivity (Wildman–Crippen MR) is 71.8 cm³/mol. The van der Waals surface area contributed by atoms with Gasteiger partial charge in [-0.3, -0.25) is 9.71 Å². The largest absolute Gasteiger partial charge is 0.307 e. The number of hydrogen-bond acceptors (Lipinski definition) is 6. The topological polar surface area (TPSA) is 110 Å². The summed E-state index contributed by atoms with van der Waals surface area (Å²) < 4.78 is 26.9. The Kier molecular flexibility index (Phi) is 3.63. The first-order valence-corrected chi connectivity index (χ1v) is 6.87. The van der Waals surface area contributed by atoms with E-state index in [1.807, 2.05) is 6.92 Å². The van der Waals surface area contributed by atoms with Crippen molar-refractivity contribution in [2.75, 3.05) is 10.1 Å². The number of nitrogen functional groups attached to an aromatic ring is 1. The molecule has 0 bridgehead atoms. The lowest BCUT2D eigenvalue weighted by Crippen LogP contribution is -2.18. The highest BCUT2D eigenvalue weighted by Gasteiger charge is 2.19. The first-order chi connectivity index (χ1) is 9.03. The Labute approximate surface area is 110 Å². The van der Waals surface area contributed by atoms with Gasteiger partial charge >= 0.3 is 0 Å².